The molecule has 0 radical (unpaired) electrons. The zero-order valence-corrected chi connectivity index (χ0v) is 12.4. The Morgan fingerprint density at radius 2 is 1.05 bits per heavy atom. The Hall–Kier alpha value is -1.30. The maximum Gasteiger partial charge on any atom is 0.115 e. The molecule has 0 bridgehead atoms. The van der Waals surface area contributed by atoms with Crippen LogP contribution in [0.2, 0.25) is 0 Å². The highest BCUT2D eigenvalue weighted by molar-refractivity contribution is 8.00. The summed E-state index contributed by atoms with van der Waals surface area (Å²) in [6.07, 6.45) is -0.410. The quantitative estimate of drug-likeness (QED) is 0.715. The number of rotatable bonds is 6. The van der Waals surface area contributed by atoms with Crippen LogP contribution in [-0.4, -0.2) is 32.9 Å². The highest BCUT2D eigenvalue weighted by Gasteiger charge is 2.06. The van der Waals surface area contributed by atoms with E-state index >= 15 is 0 Å². The Balaban J connectivity index is 1.73. The van der Waals surface area contributed by atoms with Gasteiger partial charge >= 0.3 is 0 Å². The molecule has 0 aliphatic rings. The predicted octanol–water partition coefficient (Wildman–Crippen LogP) is 3.34. The van der Waals surface area contributed by atoms with Crippen molar-refractivity contribution < 1.29 is 15.3 Å². The van der Waals surface area contributed by atoms with E-state index in [4.69, 9.17) is 0 Å². The molecule has 3 nitrogen and oxygen atoms in total. The van der Waals surface area contributed by atoms with Crippen LogP contribution < -0.4 is 0 Å². The molecule has 0 saturated carbocycles. The molecular weight excluding hydrogens is 292 g/mol. The minimum absolute atomic E-state index is 0.248. The van der Waals surface area contributed by atoms with Gasteiger partial charge in [0.05, 0.1) is 6.10 Å². The molecule has 0 fully saturated rings. The van der Waals surface area contributed by atoms with Gasteiger partial charge in [-0.1, -0.05) is 0 Å². The van der Waals surface area contributed by atoms with E-state index in [1.165, 1.54) is 0 Å². The monoisotopic (exact) mass is 308 g/mol. The second-order valence-corrected chi connectivity index (χ2v) is 6.45. The summed E-state index contributed by atoms with van der Waals surface area (Å²) in [6, 6.07) is 13.9. The zero-order chi connectivity index (χ0) is 14.4. The number of aromatic hydroxyl groups is 2. The SMILES string of the molecule is Oc1ccc(SCC(O)CSc2ccc(O)cc2)cc1. The molecule has 0 aliphatic carbocycles. The molecule has 2 aromatic carbocycles. The third kappa shape index (κ3) is 5.00. The van der Waals surface area contributed by atoms with Gasteiger partial charge in [0.1, 0.15) is 11.5 Å². The van der Waals surface area contributed by atoms with Crippen molar-refractivity contribution in [2.45, 2.75) is 15.9 Å². The fraction of sp³-hybridized carbons (Fsp3) is 0.200. The molecule has 0 atom stereocenters. The molecule has 0 aromatic heterocycles. The van der Waals surface area contributed by atoms with E-state index in [-0.39, 0.29) is 11.5 Å². The first-order valence-corrected chi connectivity index (χ1v) is 8.12. The number of hydrogen-bond donors (Lipinski definition) is 3. The molecule has 0 amide bonds. The molecule has 0 heterocycles. The van der Waals surface area contributed by atoms with E-state index in [0.29, 0.717) is 11.5 Å². The number of benzene rings is 2. The number of phenols is 2. The molecule has 106 valence electrons. The van der Waals surface area contributed by atoms with Gasteiger partial charge in [-0.15, -0.1) is 23.5 Å². The van der Waals surface area contributed by atoms with Gasteiger partial charge < -0.3 is 15.3 Å². The van der Waals surface area contributed by atoms with Crippen LogP contribution in [0.3, 0.4) is 0 Å². The van der Waals surface area contributed by atoms with Crippen LogP contribution in [0.25, 0.3) is 0 Å². The summed E-state index contributed by atoms with van der Waals surface area (Å²) in [5.41, 5.74) is 0. The lowest BCUT2D eigenvalue weighted by molar-refractivity contribution is 0.225. The highest BCUT2D eigenvalue weighted by Crippen LogP contribution is 2.25. The summed E-state index contributed by atoms with van der Waals surface area (Å²) in [4.78, 5) is 2.05. The minimum Gasteiger partial charge on any atom is -0.508 e. The largest absolute Gasteiger partial charge is 0.508 e. The predicted molar refractivity (Wildman–Crippen MR) is 83.7 cm³/mol. The lowest BCUT2D eigenvalue weighted by Gasteiger charge is -2.10. The number of aliphatic hydroxyl groups is 1. The van der Waals surface area contributed by atoms with Crippen LogP contribution in [0.4, 0.5) is 0 Å². The van der Waals surface area contributed by atoms with Gasteiger partial charge in [-0.2, -0.15) is 0 Å². The van der Waals surface area contributed by atoms with Crippen LogP contribution in [0.15, 0.2) is 58.3 Å². The van der Waals surface area contributed by atoms with E-state index in [9.17, 15) is 15.3 Å². The minimum atomic E-state index is -0.410. The molecule has 3 N–H and O–H groups in total. The lowest BCUT2D eigenvalue weighted by Crippen LogP contribution is -2.12. The van der Waals surface area contributed by atoms with Gasteiger partial charge in [-0.3, -0.25) is 0 Å². The van der Waals surface area contributed by atoms with Gasteiger partial charge in [0.15, 0.2) is 0 Å². The van der Waals surface area contributed by atoms with Gasteiger partial charge in [0.25, 0.3) is 0 Å². The summed E-state index contributed by atoms with van der Waals surface area (Å²) in [6.45, 7) is 0. The van der Waals surface area contributed by atoms with Gasteiger partial charge in [-0.25, -0.2) is 0 Å². The van der Waals surface area contributed by atoms with Crippen LogP contribution in [0.5, 0.6) is 11.5 Å². The maximum absolute atomic E-state index is 9.94. The van der Waals surface area contributed by atoms with Gasteiger partial charge in [0.2, 0.25) is 0 Å². The van der Waals surface area contributed by atoms with Crippen molar-refractivity contribution in [2.24, 2.45) is 0 Å². The second-order valence-electron chi connectivity index (χ2n) is 4.26. The summed E-state index contributed by atoms with van der Waals surface area (Å²) < 4.78 is 0. The molecule has 0 spiro atoms. The second kappa shape index (κ2) is 7.47. The topological polar surface area (TPSA) is 60.7 Å². The smallest absolute Gasteiger partial charge is 0.115 e. The Bertz CT molecular complexity index is 476. The van der Waals surface area contributed by atoms with Crippen molar-refractivity contribution in [3.05, 3.63) is 48.5 Å². The first kappa shape index (κ1) is 15.1. The first-order chi connectivity index (χ1) is 9.63. The third-order valence-corrected chi connectivity index (χ3v) is 4.87. The number of aliphatic hydroxyl groups excluding tert-OH is 1. The Morgan fingerprint density at radius 3 is 1.40 bits per heavy atom. The number of thioether (sulfide) groups is 2. The van der Waals surface area contributed by atoms with E-state index in [2.05, 4.69) is 0 Å². The molecule has 5 heteroatoms. The van der Waals surface area contributed by atoms with Crippen molar-refractivity contribution in [3.8, 4) is 11.5 Å². The molecule has 0 aliphatic heterocycles. The van der Waals surface area contributed by atoms with E-state index < -0.39 is 6.10 Å². The summed E-state index contributed by atoms with van der Waals surface area (Å²) in [5, 5.41) is 28.3. The van der Waals surface area contributed by atoms with Crippen LogP contribution in [-0.2, 0) is 0 Å². The fourth-order valence-corrected chi connectivity index (χ4v) is 3.33. The Labute approximate surface area is 126 Å². The van der Waals surface area contributed by atoms with Crippen LogP contribution >= 0.6 is 23.5 Å². The van der Waals surface area contributed by atoms with Crippen molar-refractivity contribution in [2.75, 3.05) is 11.5 Å². The fourth-order valence-electron chi connectivity index (χ4n) is 1.52. The van der Waals surface area contributed by atoms with Gasteiger partial charge in [-0.05, 0) is 48.5 Å². The lowest BCUT2D eigenvalue weighted by atomic mass is 10.3. The van der Waals surface area contributed by atoms with Crippen molar-refractivity contribution in [3.63, 3.8) is 0 Å². The summed E-state index contributed by atoms with van der Waals surface area (Å²) in [7, 11) is 0. The van der Waals surface area contributed by atoms with Crippen LogP contribution in [0.1, 0.15) is 0 Å². The standard InChI is InChI=1S/C15H16O3S2/c16-11-1-5-14(6-2-11)19-9-13(18)10-20-15-7-3-12(17)4-8-15/h1-8,13,16-18H,9-10H2. The van der Waals surface area contributed by atoms with Crippen molar-refractivity contribution >= 4 is 23.5 Å². The van der Waals surface area contributed by atoms with E-state index in [1.807, 2.05) is 24.3 Å². The molecule has 0 unspecified atom stereocenters. The van der Waals surface area contributed by atoms with Crippen molar-refractivity contribution in [1.82, 2.24) is 0 Å². The average molecular weight is 308 g/mol. The average Bonchev–Trinajstić information content (AvgIpc) is 2.46. The summed E-state index contributed by atoms with van der Waals surface area (Å²) in [5.74, 6) is 1.71. The van der Waals surface area contributed by atoms with E-state index in [1.54, 1.807) is 47.8 Å². The molecule has 2 aromatic rings. The third-order valence-electron chi connectivity index (χ3n) is 2.56. The number of phenolic OH excluding ortho intramolecular Hbond substituents is 2. The zero-order valence-electron chi connectivity index (χ0n) is 10.8. The number of hydrogen-bond acceptors (Lipinski definition) is 5. The highest BCUT2D eigenvalue weighted by atomic mass is 32.2. The van der Waals surface area contributed by atoms with Crippen molar-refractivity contribution in [1.29, 1.82) is 0 Å². The maximum atomic E-state index is 9.94. The van der Waals surface area contributed by atoms with Crippen LogP contribution in [0, 0.1) is 0 Å². The molecule has 0 saturated heterocycles. The molecular formula is C15H16O3S2. The Morgan fingerprint density at radius 1 is 0.700 bits per heavy atom. The van der Waals surface area contributed by atoms with Gasteiger partial charge in [0, 0.05) is 21.3 Å². The normalized spacial score (nSPS) is 10.9. The first-order valence-electron chi connectivity index (χ1n) is 6.15. The summed E-state index contributed by atoms with van der Waals surface area (Å²) >= 11 is 3.12. The van der Waals surface area contributed by atoms with E-state index in [0.717, 1.165) is 9.79 Å². The molecule has 2 rings (SSSR count). The molecule has 20 heavy (non-hydrogen) atoms. The Kier molecular flexibility index (Phi) is 5.64.